The molecule has 0 fully saturated rings. The minimum Gasteiger partial charge on any atom is -0.306 e. The Bertz CT molecular complexity index is 130. The Morgan fingerprint density at radius 3 is 2.14 bits per heavy atom. The maximum absolute atomic E-state index is 2.44. The molecule has 0 aliphatic heterocycles. The van der Waals surface area contributed by atoms with E-state index in [0.29, 0.717) is 5.41 Å². The van der Waals surface area contributed by atoms with E-state index >= 15 is 0 Å². The highest BCUT2D eigenvalue weighted by Crippen LogP contribution is 2.31. The number of nitrogens with zero attached hydrogens (tertiary/aromatic N) is 1. The Kier molecular flexibility index (Phi) is 6.43. The molecular weight excluding hydrogens is 170 g/mol. The maximum Gasteiger partial charge on any atom is 0.00322 e. The van der Waals surface area contributed by atoms with E-state index in [1.54, 1.807) is 0 Å². The molecule has 1 nitrogen and oxygen atoms in total. The lowest BCUT2D eigenvalue weighted by Crippen LogP contribution is -2.34. The third kappa shape index (κ3) is 4.99. The van der Waals surface area contributed by atoms with Gasteiger partial charge in [-0.2, -0.15) is 0 Å². The average Bonchev–Trinajstić information content (AvgIpc) is 2.17. The number of hydrogen-bond acceptors (Lipinski definition) is 1. The summed E-state index contributed by atoms with van der Waals surface area (Å²) in [6, 6.07) is 0. The maximum atomic E-state index is 2.44. The van der Waals surface area contributed by atoms with Gasteiger partial charge in [0.05, 0.1) is 0 Å². The van der Waals surface area contributed by atoms with E-state index in [0.717, 1.165) is 12.5 Å². The highest BCUT2D eigenvalue weighted by atomic mass is 15.1. The summed E-state index contributed by atoms with van der Waals surface area (Å²) in [5.41, 5.74) is 0.514. The summed E-state index contributed by atoms with van der Waals surface area (Å²) in [4.78, 5) is 2.44. The molecule has 1 heteroatoms. The van der Waals surface area contributed by atoms with Gasteiger partial charge in [0.15, 0.2) is 0 Å². The summed E-state index contributed by atoms with van der Waals surface area (Å²) in [5.74, 6) is 0.866. The van der Waals surface area contributed by atoms with E-state index in [9.17, 15) is 0 Å². The van der Waals surface area contributed by atoms with Crippen molar-refractivity contribution in [2.45, 2.75) is 53.9 Å². The van der Waals surface area contributed by atoms with Gasteiger partial charge in [0.1, 0.15) is 0 Å². The van der Waals surface area contributed by atoms with Crippen molar-refractivity contribution in [3.63, 3.8) is 0 Å². The van der Waals surface area contributed by atoms with Gasteiger partial charge in [-0.3, -0.25) is 0 Å². The van der Waals surface area contributed by atoms with Crippen molar-refractivity contribution >= 4 is 0 Å². The zero-order valence-electron chi connectivity index (χ0n) is 11.1. The van der Waals surface area contributed by atoms with Crippen LogP contribution >= 0.6 is 0 Å². The second kappa shape index (κ2) is 6.44. The average molecular weight is 199 g/mol. The van der Waals surface area contributed by atoms with Crippen LogP contribution in [0.5, 0.6) is 0 Å². The number of rotatable bonds is 7. The molecule has 2 unspecified atom stereocenters. The standard InChI is InChI=1S/C13H29N/c1-7-12(4)10-13(5,8-2)11-14(6)9-3/h12H,7-11H2,1-6H3. The summed E-state index contributed by atoms with van der Waals surface area (Å²) in [6.45, 7) is 14.1. The second-order valence-electron chi connectivity index (χ2n) is 5.21. The van der Waals surface area contributed by atoms with Gasteiger partial charge in [-0.1, -0.05) is 41.0 Å². The van der Waals surface area contributed by atoms with Crippen molar-refractivity contribution in [3.05, 3.63) is 0 Å². The van der Waals surface area contributed by atoms with Gasteiger partial charge in [-0.15, -0.1) is 0 Å². The van der Waals surface area contributed by atoms with E-state index in [-0.39, 0.29) is 0 Å². The van der Waals surface area contributed by atoms with Gasteiger partial charge in [-0.25, -0.2) is 0 Å². The minimum absolute atomic E-state index is 0.514. The molecule has 0 aliphatic rings. The van der Waals surface area contributed by atoms with Crippen LogP contribution in [0.1, 0.15) is 53.9 Å². The van der Waals surface area contributed by atoms with Crippen LogP contribution in [0.15, 0.2) is 0 Å². The van der Waals surface area contributed by atoms with E-state index in [1.807, 2.05) is 0 Å². The van der Waals surface area contributed by atoms with E-state index < -0.39 is 0 Å². The first-order valence-corrected chi connectivity index (χ1v) is 6.16. The molecule has 0 heterocycles. The molecular formula is C13H29N. The van der Waals surface area contributed by atoms with Gasteiger partial charge in [-0.05, 0) is 37.8 Å². The fraction of sp³-hybridized carbons (Fsp3) is 1.00. The Labute approximate surface area is 90.9 Å². The van der Waals surface area contributed by atoms with Crippen molar-refractivity contribution in [2.24, 2.45) is 11.3 Å². The molecule has 0 spiro atoms. The zero-order valence-corrected chi connectivity index (χ0v) is 11.1. The predicted octanol–water partition coefficient (Wildman–Crippen LogP) is 3.79. The predicted molar refractivity (Wildman–Crippen MR) is 65.6 cm³/mol. The normalized spacial score (nSPS) is 18.2. The third-order valence-electron chi connectivity index (χ3n) is 3.58. The Balaban J connectivity index is 4.16. The lowest BCUT2D eigenvalue weighted by molar-refractivity contribution is 0.155. The van der Waals surface area contributed by atoms with Crippen LogP contribution < -0.4 is 0 Å². The second-order valence-corrected chi connectivity index (χ2v) is 5.21. The van der Waals surface area contributed by atoms with E-state index in [2.05, 4.69) is 46.6 Å². The molecule has 0 rings (SSSR count). The largest absolute Gasteiger partial charge is 0.306 e. The summed E-state index contributed by atoms with van der Waals surface area (Å²) in [7, 11) is 2.23. The van der Waals surface area contributed by atoms with Crippen molar-refractivity contribution in [1.29, 1.82) is 0 Å². The quantitative estimate of drug-likeness (QED) is 0.603. The first-order chi connectivity index (χ1) is 6.47. The molecule has 0 aromatic heterocycles. The van der Waals surface area contributed by atoms with Crippen LogP contribution in [-0.2, 0) is 0 Å². The summed E-state index contributed by atoms with van der Waals surface area (Å²) in [5, 5.41) is 0. The molecule has 0 N–H and O–H groups in total. The van der Waals surface area contributed by atoms with Crippen molar-refractivity contribution in [1.82, 2.24) is 4.90 Å². The van der Waals surface area contributed by atoms with Gasteiger partial charge in [0.2, 0.25) is 0 Å². The molecule has 0 amide bonds. The van der Waals surface area contributed by atoms with Crippen LogP contribution in [0.2, 0.25) is 0 Å². The molecule has 0 bridgehead atoms. The summed E-state index contributed by atoms with van der Waals surface area (Å²) >= 11 is 0. The highest BCUT2D eigenvalue weighted by molar-refractivity contribution is 4.77. The smallest absolute Gasteiger partial charge is 0.00322 e. The fourth-order valence-corrected chi connectivity index (χ4v) is 2.07. The van der Waals surface area contributed by atoms with E-state index in [4.69, 9.17) is 0 Å². The minimum atomic E-state index is 0.514. The molecule has 0 radical (unpaired) electrons. The monoisotopic (exact) mass is 199 g/mol. The summed E-state index contributed by atoms with van der Waals surface area (Å²) < 4.78 is 0. The van der Waals surface area contributed by atoms with Crippen LogP contribution in [0.4, 0.5) is 0 Å². The molecule has 0 saturated carbocycles. The van der Waals surface area contributed by atoms with Gasteiger partial charge >= 0.3 is 0 Å². The van der Waals surface area contributed by atoms with Crippen LogP contribution in [-0.4, -0.2) is 25.0 Å². The molecule has 0 aromatic rings. The fourth-order valence-electron chi connectivity index (χ4n) is 2.07. The number of hydrogen-bond donors (Lipinski definition) is 0. The van der Waals surface area contributed by atoms with Gasteiger partial charge in [0, 0.05) is 6.54 Å². The summed E-state index contributed by atoms with van der Waals surface area (Å²) in [6.07, 6.45) is 3.97. The molecule has 2 atom stereocenters. The molecule has 14 heavy (non-hydrogen) atoms. The van der Waals surface area contributed by atoms with Crippen LogP contribution in [0.25, 0.3) is 0 Å². The topological polar surface area (TPSA) is 3.24 Å². The SMILES string of the molecule is CCC(C)CC(C)(CC)CN(C)CC. The first kappa shape index (κ1) is 14.0. The van der Waals surface area contributed by atoms with E-state index in [1.165, 1.54) is 25.8 Å². The molecule has 86 valence electrons. The van der Waals surface area contributed by atoms with Crippen molar-refractivity contribution in [2.75, 3.05) is 20.1 Å². The van der Waals surface area contributed by atoms with Crippen LogP contribution in [0.3, 0.4) is 0 Å². The van der Waals surface area contributed by atoms with Gasteiger partial charge in [0.25, 0.3) is 0 Å². The van der Waals surface area contributed by atoms with Gasteiger partial charge < -0.3 is 4.90 Å². The molecule has 0 saturated heterocycles. The Morgan fingerprint density at radius 2 is 1.79 bits per heavy atom. The lowest BCUT2D eigenvalue weighted by atomic mass is 9.78. The lowest BCUT2D eigenvalue weighted by Gasteiger charge is -2.34. The zero-order chi connectivity index (χ0) is 11.2. The highest BCUT2D eigenvalue weighted by Gasteiger charge is 2.25. The van der Waals surface area contributed by atoms with Crippen LogP contribution in [0, 0.1) is 11.3 Å². The molecule has 0 aromatic carbocycles. The first-order valence-electron chi connectivity index (χ1n) is 6.16. The Morgan fingerprint density at radius 1 is 1.21 bits per heavy atom. The van der Waals surface area contributed by atoms with Crippen molar-refractivity contribution in [3.8, 4) is 0 Å². The Hall–Kier alpha value is -0.0400. The molecule has 0 aliphatic carbocycles. The van der Waals surface area contributed by atoms with Crippen molar-refractivity contribution < 1.29 is 0 Å². The third-order valence-corrected chi connectivity index (χ3v) is 3.58.